The quantitative estimate of drug-likeness (QED) is 0.340. The van der Waals surface area contributed by atoms with Crippen molar-refractivity contribution in [3.63, 3.8) is 0 Å². The summed E-state index contributed by atoms with van der Waals surface area (Å²) < 4.78 is 3.29. The number of aromatic nitrogens is 2. The third-order valence-corrected chi connectivity index (χ3v) is 7.35. The highest BCUT2D eigenvalue weighted by molar-refractivity contribution is 9.10. The zero-order valence-corrected chi connectivity index (χ0v) is 21.2. The number of likely N-dealkylation sites (tertiary alicyclic amines) is 1. The monoisotopic (exact) mass is 516 g/mol. The molecule has 6 heteroatoms. The van der Waals surface area contributed by atoms with Gasteiger partial charge in [-0.2, -0.15) is 0 Å². The van der Waals surface area contributed by atoms with E-state index in [4.69, 9.17) is 4.98 Å². The first-order valence-corrected chi connectivity index (χ1v) is 12.6. The van der Waals surface area contributed by atoms with Gasteiger partial charge in [0.15, 0.2) is 0 Å². The number of benzene rings is 3. The van der Waals surface area contributed by atoms with E-state index in [0.29, 0.717) is 6.54 Å². The standard InChI is InChI=1S/C28H29BrN4O/c1-19-7-5-10-24(20(19)2)31-28(34)21-8-6-16-32(17-21)18-27-30-25-9-3-4-11-26(25)33(27)23-14-12-22(29)13-15-23/h3-5,7,9-15,21H,6,8,16-18H2,1-2H3,(H,31,34)/t21-/m1/s1. The van der Waals surface area contributed by atoms with Crippen molar-refractivity contribution in [1.82, 2.24) is 14.5 Å². The molecule has 0 unspecified atom stereocenters. The lowest BCUT2D eigenvalue weighted by atomic mass is 9.96. The number of piperidine rings is 1. The summed E-state index contributed by atoms with van der Waals surface area (Å²) in [5.74, 6) is 1.08. The van der Waals surface area contributed by atoms with Crippen LogP contribution >= 0.6 is 15.9 Å². The predicted octanol–water partition coefficient (Wildman–Crippen LogP) is 6.26. The SMILES string of the molecule is Cc1cccc(NC(=O)[C@@H]2CCCN(Cc3nc4ccccc4n3-c3ccc(Br)cc3)C2)c1C. The van der Waals surface area contributed by atoms with E-state index in [0.717, 1.165) is 64.2 Å². The summed E-state index contributed by atoms with van der Waals surface area (Å²) in [6.45, 7) is 6.55. The van der Waals surface area contributed by atoms with Crippen molar-refractivity contribution in [2.24, 2.45) is 5.92 Å². The molecule has 1 fully saturated rings. The molecule has 1 aliphatic heterocycles. The average Bonchev–Trinajstić information content (AvgIpc) is 3.20. The molecule has 0 radical (unpaired) electrons. The molecule has 1 aliphatic rings. The van der Waals surface area contributed by atoms with Crippen molar-refractivity contribution < 1.29 is 4.79 Å². The van der Waals surface area contributed by atoms with Gasteiger partial charge in [-0.15, -0.1) is 0 Å². The highest BCUT2D eigenvalue weighted by Crippen LogP contribution is 2.26. The molecule has 0 aliphatic carbocycles. The summed E-state index contributed by atoms with van der Waals surface area (Å²) in [6.07, 6.45) is 1.92. The molecule has 1 N–H and O–H groups in total. The zero-order valence-electron chi connectivity index (χ0n) is 19.6. The van der Waals surface area contributed by atoms with Gasteiger partial charge in [-0.05, 0) is 86.8 Å². The molecular weight excluding hydrogens is 488 g/mol. The maximum atomic E-state index is 13.1. The number of nitrogens with one attached hydrogen (secondary N) is 1. The van der Waals surface area contributed by atoms with Crippen LogP contribution in [0.4, 0.5) is 5.69 Å². The lowest BCUT2D eigenvalue weighted by Gasteiger charge is -2.32. The molecule has 174 valence electrons. The second-order valence-corrected chi connectivity index (χ2v) is 10.1. The van der Waals surface area contributed by atoms with Crippen molar-refractivity contribution in [3.05, 3.63) is 88.2 Å². The van der Waals surface area contributed by atoms with Crippen molar-refractivity contribution >= 4 is 38.6 Å². The Hall–Kier alpha value is -2.96. The molecular formula is C28H29BrN4O. The Balaban J connectivity index is 1.37. The molecule has 0 spiro atoms. The minimum Gasteiger partial charge on any atom is -0.326 e. The summed E-state index contributed by atoms with van der Waals surface area (Å²) in [7, 11) is 0. The van der Waals surface area contributed by atoms with Gasteiger partial charge < -0.3 is 5.32 Å². The van der Waals surface area contributed by atoms with Crippen LogP contribution in [0, 0.1) is 19.8 Å². The van der Waals surface area contributed by atoms with Gasteiger partial charge in [-0.25, -0.2) is 4.98 Å². The van der Waals surface area contributed by atoms with Crippen molar-refractivity contribution in [1.29, 1.82) is 0 Å². The van der Waals surface area contributed by atoms with Gasteiger partial charge >= 0.3 is 0 Å². The Kier molecular flexibility index (Phi) is 6.53. The number of amides is 1. The molecule has 5 nitrogen and oxygen atoms in total. The summed E-state index contributed by atoms with van der Waals surface area (Å²) >= 11 is 3.54. The Morgan fingerprint density at radius 2 is 1.85 bits per heavy atom. The Bertz CT molecular complexity index is 1330. The molecule has 0 bridgehead atoms. The van der Waals surface area contributed by atoms with Gasteiger partial charge in [0.05, 0.1) is 23.5 Å². The number of hydrogen-bond acceptors (Lipinski definition) is 3. The number of rotatable bonds is 5. The molecule has 5 rings (SSSR count). The number of fused-ring (bicyclic) bond motifs is 1. The number of carbonyl (C=O) groups is 1. The number of halogens is 1. The second-order valence-electron chi connectivity index (χ2n) is 9.14. The number of anilines is 1. The first-order chi connectivity index (χ1) is 16.5. The molecule has 4 aromatic rings. The first kappa shape index (κ1) is 22.8. The van der Waals surface area contributed by atoms with E-state index in [-0.39, 0.29) is 11.8 Å². The maximum Gasteiger partial charge on any atom is 0.228 e. The lowest BCUT2D eigenvalue weighted by Crippen LogP contribution is -2.40. The minimum absolute atomic E-state index is 0.0285. The molecule has 34 heavy (non-hydrogen) atoms. The second kappa shape index (κ2) is 9.72. The van der Waals surface area contributed by atoms with Crippen molar-refractivity contribution in [2.75, 3.05) is 18.4 Å². The fourth-order valence-electron chi connectivity index (χ4n) is 4.79. The number of para-hydroxylation sites is 2. The fourth-order valence-corrected chi connectivity index (χ4v) is 5.06. The molecule has 1 amide bonds. The number of aryl methyl sites for hydroxylation is 1. The average molecular weight is 517 g/mol. The molecule has 2 heterocycles. The minimum atomic E-state index is -0.0285. The largest absolute Gasteiger partial charge is 0.326 e. The van der Waals surface area contributed by atoms with E-state index in [1.165, 1.54) is 5.56 Å². The van der Waals surface area contributed by atoms with Gasteiger partial charge in [0.1, 0.15) is 5.82 Å². The summed E-state index contributed by atoms with van der Waals surface area (Å²) in [5, 5.41) is 3.18. The van der Waals surface area contributed by atoms with E-state index >= 15 is 0 Å². The number of nitrogens with zero attached hydrogens (tertiary/aromatic N) is 3. The number of imidazole rings is 1. The summed E-state index contributed by atoms with van der Waals surface area (Å²) in [5.41, 5.74) is 6.41. The highest BCUT2D eigenvalue weighted by atomic mass is 79.9. The molecule has 1 aromatic heterocycles. The highest BCUT2D eigenvalue weighted by Gasteiger charge is 2.27. The van der Waals surface area contributed by atoms with Gasteiger partial charge in [0.25, 0.3) is 0 Å². The first-order valence-electron chi connectivity index (χ1n) is 11.8. The van der Waals surface area contributed by atoms with Crippen LogP contribution < -0.4 is 5.32 Å². The van der Waals surface area contributed by atoms with E-state index in [9.17, 15) is 4.79 Å². The van der Waals surface area contributed by atoms with Crippen LogP contribution in [0.3, 0.4) is 0 Å². The van der Waals surface area contributed by atoms with Crippen LogP contribution in [0.2, 0.25) is 0 Å². The normalized spacial score (nSPS) is 16.6. The zero-order chi connectivity index (χ0) is 23.7. The predicted molar refractivity (Wildman–Crippen MR) is 141 cm³/mol. The van der Waals surface area contributed by atoms with Gasteiger partial charge in [0.2, 0.25) is 5.91 Å². The van der Waals surface area contributed by atoms with E-state index in [2.05, 4.69) is 93.1 Å². The third kappa shape index (κ3) is 4.65. The summed E-state index contributed by atoms with van der Waals surface area (Å²) in [4.78, 5) is 20.5. The summed E-state index contributed by atoms with van der Waals surface area (Å²) in [6, 6.07) is 22.7. The van der Waals surface area contributed by atoms with Crippen LogP contribution in [0.1, 0.15) is 29.8 Å². The lowest BCUT2D eigenvalue weighted by molar-refractivity contribution is -0.121. The molecule has 3 aromatic carbocycles. The van der Waals surface area contributed by atoms with Crippen LogP contribution in [0.5, 0.6) is 0 Å². The molecule has 0 saturated carbocycles. The number of carbonyl (C=O) groups excluding carboxylic acids is 1. The Morgan fingerprint density at radius 1 is 1.06 bits per heavy atom. The smallest absolute Gasteiger partial charge is 0.228 e. The van der Waals surface area contributed by atoms with Crippen LogP contribution in [-0.2, 0) is 11.3 Å². The van der Waals surface area contributed by atoms with Crippen LogP contribution in [0.25, 0.3) is 16.7 Å². The van der Waals surface area contributed by atoms with Gasteiger partial charge in [0, 0.05) is 22.4 Å². The van der Waals surface area contributed by atoms with Gasteiger partial charge in [-0.1, -0.05) is 40.2 Å². The Morgan fingerprint density at radius 3 is 2.68 bits per heavy atom. The maximum absolute atomic E-state index is 13.1. The fraction of sp³-hybridized carbons (Fsp3) is 0.286. The molecule has 1 saturated heterocycles. The van der Waals surface area contributed by atoms with Crippen molar-refractivity contribution in [2.45, 2.75) is 33.2 Å². The van der Waals surface area contributed by atoms with Crippen LogP contribution in [0.15, 0.2) is 71.2 Å². The molecule has 1 atom stereocenters. The Labute approximate surface area is 208 Å². The van der Waals surface area contributed by atoms with E-state index < -0.39 is 0 Å². The van der Waals surface area contributed by atoms with Crippen LogP contribution in [-0.4, -0.2) is 33.4 Å². The van der Waals surface area contributed by atoms with E-state index in [1.54, 1.807) is 0 Å². The van der Waals surface area contributed by atoms with E-state index in [1.807, 2.05) is 18.2 Å². The third-order valence-electron chi connectivity index (χ3n) is 6.82. The van der Waals surface area contributed by atoms with Crippen molar-refractivity contribution in [3.8, 4) is 5.69 Å². The number of hydrogen-bond donors (Lipinski definition) is 1. The topological polar surface area (TPSA) is 50.2 Å². The van der Waals surface area contributed by atoms with Gasteiger partial charge in [-0.3, -0.25) is 14.3 Å².